The fourth-order valence-electron chi connectivity index (χ4n) is 4.67. The number of anilines is 1. The molecule has 6 heteroatoms. The Morgan fingerprint density at radius 1 is 0.968 bits per heavy atom. The maximum Gasteiger partial charge on any atom is 0.262 e. The second-order valence-electron chi connectivity index (χ2n) is 9.46. The van der Waals surface area contributed by atoms with E-state index >= 15 is 0 Å². The highest BCUT2D eigenvalue weighted by atomic mass is 32.2. The van der Waals surface area contributed by atoms with E-state index in [4.69, 9.17) is 0 Å². The minimum atomic E-state index is -3.66. The molecule has 31 heavy (non-hydrogen) atoms. The first kappa shape index (κ1) is 21.9. The van der Waals surface area contributed by atoms with Gasteiger partial charge in [-0.15, -0.1) is 0 Å². The van der Waals surface area contributed by atoms with Gasteiger partial charge in [0.25, 0.3) is 10.0 Å². The summed E-state index contributed by atoms with van der Waals surface area (Å²) in [5.74, 6) is 0.874. The normalized spacial score (nSPS) is 22.5. The van der Waals surface area contributed by atoms with Gasteiger partial charge in [-0.25, -0.2) is 8.42 Å². The summed E-state index contributed by atoms with van der Waals surface area (Å²) in [5.41, 5.74) is 2.75. The molecule has 0 saturated heterocycles. The van der Waals surface area contributed by atoms with Crippen molar-refractivity contribution in [3.8, 4) is 0 Å². The van der Waals surface area contributed by atoms with E-state index in [1.165, 1.54) is 12.8 Å². The summed E-state index contributed by atoms with van der Waals surface area (Å²) in [7, 11) is -3.66. The van der Waals surface area contributed by atoms with Crippen molar-refractivity contribution in [1.29, 1.82) is 0 Å². The fourth-order valence-corrected chi connectivity index (χ4v) is 5.95. The number of sulfonamides is 1. The summed E-state index contributed by atoms with van der Waals surface area (Å²) < 4.78 is 28.3. The lowest BCUT2D eigenvalue weighted by Crippen LogP contribution is -2.43. The smallest absolute Gasteiger partial charge is 0.262 e. The Morgan fingerprint density at radius 2 is 1.61 bits per heavy atom. The van der Waals surface area contributed by atoms with Gasteiger partial charge in [-0.05, 0) is 87.6 Å². The Kier molecular flexibility index (Phi) is 5.86. The van der Waals surface area contributed by atoms with E-state index in [0.717, 1.165) is 48.3 Å². The van der Waals surface area contributed by atoms with Gasteiger partial charge in [0.05, 0.1) is 10.3 Å². The first-order chi connectivity index (χ1) is 14.7. The molecule has 0 aliphatic heterocycles. The lowest BCUT2D eigenvalue weighted by atomic mass is 9.86. The van der Waals surface area contributed by atoms with Gasteiger partial charge < -0.3 is 5.32 Å². The van der Waals surface area contributed by atoms with Crippen LogP contribution in [0.15, 0.2) is 47.4 Å². The minimum absolute atomic E-state index is 0.121. The zero-order valence-corrected chi connectivity index (χ0v) is 19.4. The molecule has 0 bridgehead atoms. The van der Waals surface area contributed by atoms with E-state index < -0.39 is 15.4 Å². The molecule has 2 aliphatic rings. The minimum Gasteiger partial charge on any atom is -0.353 e. The van der Waals surface area contributed by atoms with E-state index in [9.17, 15) is 13.2 Å². The van der Waals surface area contributed by atoms with E-state index in [2.05, 4.69) is 17.0 Å². The second kappa shape index (κ2) is 8.30. The zero-order valence-electron chi connectivity index (χ0n) is 18.6. The molecule has 0 atom stereocenters. The third-order valence-corrected chi connectivity index (χ3v) is 8.39. The van der Waals surface area contributed by atoms with Crippen LogP contribution in [-0.2, 0) is 20.2 Å². The molecule has 0 spiro atoms. The average molecular weight is 441 g/mol. The predicted octanol–water partition coefficient (Wildman–Crippen LogP) is 4.83. The summed E-state index contributed by atoms with van der Waals surface area (Å²) in [6.45, 7) is 6.01. The van der Waals surface area contributed by atoms with Gasteiger partial charge in [0.1, 0.15) is 0 Å². The van der Waals surface area contributed by atoms with Crippen LogP contribution in [0, 0.1) is 19.8 Å². The number of carbonyl (C=O) groups excluding carboxylic acids is 1. The molecule has 2 aliphatic carbocycles. The standard InChI is InChI=1S/C25H32N2O3S/c1-17-4-9-21(10-5-17)26-24(28)25(14-15-25)20-7-11-22(12-8-20)27-31(29,30)23-13-6-18(2)16-19(23)3/h6-8,11-13,16-17,21,27H,4-5,9-10,14-15H2,1-3H3,(H,26,28). The second-order valence-corrected chi connectivity index (χ2v) is 11.1. The Balaban J connectivity index is 1.45. The van der Waals surface area contributed by atoms with E-state index in [0.29, 0.717) is 5.69 Å². The van der Waals surface area contributed by atoms with Crippen LogP contribution >= 0.6 is 0 Å². The van der Waals surface area contributed by atoms with Crippen LogP contribution < -0.4 is 10.0 Å². The lowest BCUT2D eigenvalue weighted by molar-refractivity contribution is -0.124. The molecule has 2 N–H and O–H groups in total. The summed E-state index contributed by atoms with van der Waals surface area (Å²) >= 11 is 0. The number of carbonyl (C=O) groups is 1. The molecule has 5 nitrogen and oxygen atoms in total. The third-order valence-electron chi connectivity index (χ3n) is 6.85. The number of aryl methyl sites for hydroxylation is 2. The number of amides is 1. The van der Waals surface area contributed by atoms with Gasteiger partial charge in [0, 0.05) is 11.7 Å². The van der Waals surface area contributed by atoms with Crippen molar-refractivity contribution >= 4 is 21.6 Å². The van der Waals surface area contributed by atoms with Crippen molar-refractivity contribution in [2.75, 3.05) is 4.72 Å². The van der Waals surface area contributed by atoms with Crippen LogP contribution in [0.1, 0.15) is 62.1 Å². The van der Waals surface area contributed by atoms with Gasteiger partial charge >= 0.3 is 0 Å². The summed E-state index contributed by atoms with van der Waals surface area (Å²) in [4.78, 5) is 13.3. The maximum absolute atomic E-state index is 13.0. The Morgan fingerprint density at radius 3 is 2.19 bits per heavy atom. The van der Waals surface area contributed by atoms with E-state index in [1.54, 1.807) is 31.2 Å². The van der Waals surface area contributed by atoms with Gasteiger partial charge in [-0.2, -0.15) is 0 Å². The van der Waals surface area contributed by atoms with Gasteiger partial charge in [-0.1, -0.05) is 36.8 Å². The van der Waals surface area contributed by atoms with Crippen LogP contribution in [0.2, 0.25) is 0 Å². The molecule has 2 saturated carbocycles. The predicted molar refractivity (Wildman–Crippen MR) is 124 cm³/mol. The average Bonchev–Trinajstić information content (AvgIpc) is 3.52. The van der Waals surface area contributed by atoms with Crippen LogP contribution in [0.3, 0.4) is 0 Å². The molecule has 0 unspecified atom stereocenters. The first-order valence-electron chi connectivity index (χ1n) is 11.2. The van der Waals surface area contributed by atoms with Crippen LogP contribution in [0.25, 0.3) is 0 Å². The summed E-state index contributed by atoms with van der Waals surface area (Å²) in [5, 5.41) is 3.28. The molecule has 0 radical (unpaired) electrons. The fraction of sp³-hybridized carbons (Fsp3) is 0.480. The van der Waals surface area contributed by atoms with Crippen molar-refractivity contribution in [3.63, 3.8) is 0 Å². The van der Waals surface area contributed by atoms with Gasteiger partial charge in [0.15, 0.2) is 0 Å². The molecule has 2 fully saturated rings. The third kappa shape index (κ3) is 4.64. The monoisotopic (exact) mass is 440 g/mol. The summed E-state index contributed by atoms with van der Waals surface area (Å²) in [6, 6.07) is 12.9. The van der Waals surface area contributed by atoms with Crippen molar-refractivity contribution in [3.05, 3.63) is 59.2 Å². The van der Waals surface area contributed by atoms with Crippen molar-refractivity contribution in [1.82, 2.24) is 5.32 Å². The van der Waals surface area contributed by atoms with Crippen molar-refractivity contribution in [2.24, 2.45) is 5.92 Å². The van der Waals surface area contributed by atoms with E-state index in [-0.39, 0.29) is 16.8 Å². The SMILES string of the molecule is Cc1ccc(S(=O)(=O)Nc2ccc(C3(C(=O)NC4CCC(C)CC4)CC3)cc2)c(C)c1. The number of benzene rings is 2. The van der Waals surface area contributed by atoms with Crippen molar-refractivity contribution < 1.29 is 13.2 Å². The lowest BCUT2D eigenvalue weighted by Gasteiger charge is -2.28. The number of hydrogen-bond donors (Lipinski definition) is 2. The Bertz CT molecular complexity index is 1060. The number of nitrogens with one attached hydrogen (secondary N) is 2. The highest BCUT2D eigenvalue weighted by molar-refractivity contribution is 7.92. The van der Waals surface area contributed by atoms with Crippen LogP contribution in [-0.4, -0.2) is 20.4 Å². The quantitative estimate of drug-likeness (QED) is 0.675. The zero-order chi connectivity index (χ0) is 22.2. The Hall–Kier alpha value is -2.34. The molecular formula is C25H32N2O3S. The van der Waals surface area contributed by atoms with Crippen molar-refractivity contribution in [2.45, 2.75) is 75.6 Å². The van der Waals surface area contributed by atoms with Crippen LogP contribution in [0.5, 0.6) is 0 Å². The molecule has 1 amide bonds. The molecule has 4 rings (SSSR count). The molecular weight excluding hydrogens is 408 g/mol. The molecule has 0 heterocycles. The topological polar surface area (TPSA) is 75.3 Å². The first-order valence-corrected chi connectivity index (χ1v) is 12.7. The summed E-state index contributed by atoms with van der Waals surface area (Å²) in [6.07, 6.45) is 6.15. The van der Waals surface area contributed by atoms with Gasteiger partial charge in [0.2, 0.25) is 5.91 Å². The highest BCUT2D eigenvalue weighted by Gasteiger charge is 2.51. The Labute approximate surface area is 185 Å². The largest absolute Gasteiger partial charge is 0.353 e. The molecule has 166 valence electrons. The van der Waals surface area contributed by atoms with E-state index in [1.807, 2.05) is 25.1 Å². The molecule has 2 aromatic carbocycles. The number of rotatable bonds is 6. The molecule has 0 aromatic heterocycles. The maximum atomic E-state index is 13.0. The van der Waals surface area contributed by atoms with Gasteiger partial charge in [-0.3, -0.25) is 9.52 Å². The molecule has 2 aromatic rings. The highest BCUT2D eigenvalue weighted by Crippen LogP contribution is 2.49. The number of hydrogen-bond acceptors (Lipinski definition) is 3. The van der Waals surface area contributed by atoms with Crippen LogP contribution in [0.4, 0.5) is 5.69 Å².